The number of carbonyl (C=O) groups is 4. The Balaban J connectivity index is 0.00000121. The summed E-state index contributed by atoms with van der Waals surface area (Å²) in [6.45, 7) is 9.75. The molecule has 1 saturated carbocycles. The van der Waals surface area contributed by atoms with E-state index in [2.05, 4.69) is 39.8 Å². The minimum Gasteiger partial charge on any atom is -0.462 e. The number of hydrogen-bond acceptors (Lipinski definition) is 13. The van der Waals surface area contributed by atoms with Crippen molar-refractivity contribution in [1.29, 1.82) is 0 Å². The maximum Gasteiger partial charge on any atom is 0.309 e. The van der Waals surface area contributed by atoms with Crippen LogP contribution in [0.2, 0.25) is 0 Å². The Kier molecular flexibility index (Phi) is 28.0. The maximum absolute atomic E-state index is 13.1. The summed E-state index contributed by atoms with van der Waals surface area (Å²) in [6.07, 6.45) is 15.3. The molecule has 0 spiro atoms. The van der Waals surface area contributed by atoms with E-state index in [9.17, 15) is 39.6 Å². The van der Waals surface area contributed by atoms with Crippen molar-refractivity contribution in [2.75, 3.05) is 26.4 Å². The van der Waals surface area contributed by atoms with Gasteiger partial charge in [0.25, 0.3) is 0 Å². The Morgan fingerprint density at radius 1 is 0.786 bits per heavy atom. The zero-order chi connectivity index (χ0) is 41.9. The summed E-state index contributed by atoms with van der Waals surface area (Å²) in [6, 6.07) is 0. The van der Waals surface area contributed by atoms with Crippen molar-refractivity contribution in [3.63, 3.8) is 0 Å². The molecule has 1 aliphatic carbocycles. The molecule has 5 unspecified atom stereocenters. The second kappa shape index (κ2) is 30.5. The molecule has 1 saturated heterocycles. The fraction of sp³-hybridized carbons (Fsp3) is 0.860. The largest absolute Gasteiger partial charge is 0.462 e. The van der Waals surface area contributed by atoms with Gasteiger partial charge in [0.05, 0.1) is 31.7 Å². The lowest BCUT2D eigenvalue weighted by atomic mass is 9.75. The van der Waals surface area contributed by atoms with Crippen LogP contribution in [0.3, 0.4) is 0 Å². The van der Waals surface area contributed by atoms with Gasteiger partial charge < -0.3 is 44.1 Å². The van der Waals surface area contributed by atoms with Gasteiger partial charge in [-0.25, -0.2) is 0 Å². The normalized spacial score (nSPS) is 23.8. The molecule has 0 aromatic carbocycles. The van der Waals surface area contributed by atoms with Crippen LogP contribution < -0.4 is 0 Å². The summed E-state index contributed by atoms with van der Waals surface area (Å²) in [7, 11) is 0. The molecule has 0 aromatic rings. The van der Waals surface area contributed by atoms with Crippen molar-refractivity contribution in [3.8, 4) is 0 Å². The number of ether oxygens (including phenoxy) is 5. The highest BCUT2D eigenvalue weighted by Crippen LogP contribution is 2.33. The summed E-state index contributed by atoms with van der Waals surface area (Å²) in [5.74, 6) is -1.71. The molecular formula is C43H76O13. The molecule has 13 heteroatoms. The van der Waals surface area contributed by atoms with E-state index >= 15 is 0 Å². The van der Waals surface area contributed by atoms with Gasteiger partial charge in [-0.1, -0.05) is 97.6 Å². The minimum atomic E-state index is -1.34. The second-order valence-electron chi connectivity index (χ2n) is 16.0. The van der Waals surface area contributed by atoms with Gasteiger partial charge in [-0.05, 0) is 62.7 Å². The van der Waals surface area contributed by atoms with Crippen molar-refractivity contribution in [1.82, 2.24) is 0 Å². The molecule has 13 nitrogen and oxygen atoms in total. The van der Waals surface area contributed by atoms with Crippen LogP contribution in [0.15, 0.2) is 12.2 Å². The molecule has 2 aliphatic rings. The van der Waals surface area contributed by atoms with Crippen LogP contribution >= 0.6 is 0 Å². The number of unbranched alkanes of at least 4 members (excludes halogenated alkanes) is 10. The van der Waals surface area contributed by atoms with Crippen LogP contribution in [0, 0.1) is 23.7 Å². The van der Waals surface area contributed by atoms with E-state index in [-0.39, 0.29) is 32.3 Å². The number of allylic oxidation sites excluding steroid dienone is 2. The van der Waals surface area contributed by atoms with Crippen molar-refractivity contribution in [2.24, 2.45) is 23.7 Å². The third kappa shape index (κ3) is 23.0. The van der Waals surface area contributed by atoms with E-state index in [1.54, 1.807) is 0 Å². The van der Waals surface area contributed by atoms with Crippen molar-refractivity contribution < 1.29 is 63.3 Å². The third-order valence-corrected chi connectivity index (χ3v) is 10.5. The van der Waals surface area contributed by atoms with Gasteiger partial charge in [-0.2, -0.15) is 0 Å². The number of hydrogen-bond donors (Lipinski definition) is 4. The monoisotopic (exact) mass is 801 g/mol. The quantitative estimate of drug-likeness (QED) is 0.0337. The lowest BCUT2D eigenvalue weighted by Gasteiger charge is -2.33. The van der Waals surface area contributed by atoms with Crippen LogP contribution in [0.5, 0.6) is 0 Å². The molecule has 1 aliphatic heterocycles. The van der Waals surface area contributed by atoms with Gasteiger partial charge >= 0.3 is 23.9 Å². The summed E-state index contributed by atoms with van der Waals surface area (Å²) < 4.78 is 25.9. The Morgan fingerprint density at radius 3 is 1.93 bits per heavy atom. The number of esters is 4. The molecule has 0 bridgehead atoms. The van der Waals surface area contributed by atoms with E-state index in [1.165, 1.54) is 65.2 Å². The molecule has 0 radical (unpaired) electrons. The highest BCUT2D eigenvalue weighted by atomic mass is 16.6. The molecule has 0 aromatic heterocycles. The molecule has 0 amide bonds. The van der Waals surface area contributed by atoms with Gasteiger partial charge in [0, 0.05) is 13.8 Å². The average molecular weight is 801 g/mol. The van der Waals surface area contributed by atoms with Crippen LogP contribution in [0.4, 0.5) is 0 Å². The summed E-state index contributed by atoms with van der Waals surface area (Å²) >= 11 is 0. The second-order valence-corrected chi connectivity index (χ2v) is 16.0. The highest BCUT2D eigenvalue weighted by molar-refractivity contribution is 5.80. The van der Waals surface area contributed by atoms with Gasteiger partial charge in [0.15, 0.2) is 12.2 Å². The predicted octanol–water partition coefficient (Wildman–Crippen LogP) is 6.14. The first-order chi connectivity index (χ1) is 26.7. The Morgan fingerprint density at radius 2 is 1.39 bits per heavy atom. The lowest BCUT2D eigenvalue weighted by molar-refractivity contribution is -0.172. The highest BCUT2D eigenvalue weighted by Gasteiger charge is 2.42. The molecule has 2 fully saturated rings. The number of carbonyl (C=O) groups excluding carboxylic acids is 4. The molecule has 9 atom stereocenters. The third-order valence-electron chi connectivity index (χ3n) is 10.5. The van der Waals surface area contributed by atoms with Gasteiger partial charge in [-0.15, -0.1) is 0 Å². The first-order valence-corrected chi connectivity index (χ1v) is 21.3. The fourth-order valence-electron chi connectivity index (χ4n) is 7.15. The standard InChI is InChI=1S/C33H56O12.C10H20O/c1-4-5-6-7-8-9-10-11-12-13-14-15-16-17-18-26(33(40)45-29(20-34)32-31(39)28(37)23-43-32)19-30(38)42-22-27(44-25(3)36)21-41-24(2)35;1-7(2)9-5-4-8(3)6-10(9)11/h11-12,26-29,31-32,34,37,39H,4-10,13-23H2,1-3H3;7-11H,4-6H2,1-3H3/b12-11-;/t26?,27?,28-,29+,31+,32+;/m0./s1. The Hall–Kier alpha value is -2.58. The summed E-state index contributed by atoms with van der Waals surface area (Å²) in [4.78, 5) is 48.4. The van der Waals surface area contributed by atoms with Crippen LogP contribution in [0.1, 0.15) is 151 Å². The van der Waals surface area contributed by atoms with E-state index in [0.717, 1.165) is 44.4 Å². The van der Waals surface area contributed by atoms with Gasteiger partial charge in [0.2, 0.25) is 0 Å². The average Bonchev–Trinajstić information content (AvgIpc) is 3.47. The zero-order valence-electron chi connectivity index (χ0n) is 35.2. The molecule has 4 N–H and O–H groups in total. The van der Waals surface area contributed by atoms with E-state index in [0.29, 0.717) is 24.7 Å². The van der Waals surface area contributed by atoms with Crippen LogP contribution in [0.25, 0.3) is 0 Å². The molecule has 2 rings (SSSR count). The maximum atomic E-state index is 13.1. The molecular weight excluding hydrogens is 724 g/mol. The SMILES string of the molecule is CC1CCC(C(C)C)C(O)C1.CCCCCCCC/C=C\CCCCCCC(CC(=O)OCC(COC(C)=O)OC(C)=O)C(=O)O[C@H](CO)[C@H]1OC[C@H](O)[C@H]1O. The van der Waals surface area contributed by atoms with E-state index in [1.807, 2.05) is 0 Å². The van der Waals surface area contributed by atoms with Gasteiger partial charge in [0.1, 0.15) is 31.5 Å². The van der Waals surface area contributed by atoms with Crippen molar-refractivity contribution >= 4 is 23.9 Å². The first-order valence-electron chi connectivity index (χ1n) is 21.3. The van der Waals surface area contributed by atoms with Crippen LogP contribution in [-0.2, 0) is 42.9 Å². The van der Waals surface area contributed by atoms with Crippen molar-refractivity contribution in [2.45, 2.75) is 187 Å². The number of aliphatic hydroxyl groups is 4. The van der Waals surface area contributed by atoms with E-state index in [4.69, 9.17) is 23.7 Å². The topological polar surface area (TPSA) is 195 Å². The fourth-order valence-corrected chi connectivity index (χ4v) is 7.15. The summed E-state index contributed by atoms with van der Waals surface area (Å²) in [5.41, 5.74) is 0. The lowest BCUT2D eigenvalue weighted by Crippen LogP contribution is -2.44. The van der Waals surface area contributed by atoms with Gasteiger partial charge in [-0.3, -0.25) is 19.2 Å². The number of aliphatic hydroxyl groups excluding tert-OH is 4. The Labute approximate surface area is 336 Å². The molecule has 1 heterocycles. The summed E-state index contributed by atoms with van der Waals surface area (Å²) in [5, 5.41) is 39.4. The molecule has 56 heavy (non-hydrogen) atoms. The smallest absolute Gasteiger partial charge is 0.309 e. The van der Waals surface area contributed by atoms with Crippen molar-refractivity contribution in [3.05, 3.63) is 12.2 Å². The van der Waals surface area contributed by atoms with Crippen LogP contribution in [-0.4, -0.2) is 107 Å². The first kappa shape index (κ1) is 51.4. The number of rotatable bonds is 26. The minimum absolute atomic E-state index is 0.0289. The zero-order valence-corrected chi connectivity index (χ0v) is 35.2. The predicted molar refractivity (Wildman–Crippen MR) is 212 cm³/mol. The Bertz CT molecular complexity index is 1110. The molecule has 326 valence electrons. The van der Waals surface area contributed by atoms with E-state index < -0.39 is 66.9 Å².